The van der Waals surface area contributed by atoms with Crippen LogP contribution in [0, 0.1) is 5.92 Å². The number of fused-ring (bicyclic) bond motifs is 1. The normalized spacial score (nSPS) is 20.6. The van der Waals surface area contributed by atoms with Gasteiger partial charge in [0, 0.05) is 0 Å². The fourth-order valence-electron chi connectivity index (χ4n) is 1.99. The number of hydrogen-bond donors (Lipinski definition) is 1. The molecule has 0 aromatic heterocycles. The number of ether oxygens (including phenoxy) is 2. The maximum atomic E-state index is 10.0. The van der Waals surface area contributed by atoms with E-state index >= 15 is 0 Å². The number of aliphatic hydroxyl groups excluding tert-OH is 1. The lowest BCUT2D eigenvalue weighted by molar-refractivity contribution is 0.149. The molecule has 1 heterocycles. The van der Waals surface area contributed by atoms with Crippen molar-refractivity contribution in [1.82, 2.24) is 0 Å². The highest BCUT2D eigenvalue weighted by molar-refractivity contribution is 6.32. The number of hydrogen-bond acceptors (Lipinski definition) is 3. The van der Waals surface area contributed by atoms with Gasteiger partial charge in [0.2, 0.25) is 0 Å². The lowest BCUT2D eigenvalue weighted by Gasteiger charge is -2.21. The molecular formula is C12H13ClO3. The number of halogens is 1. The van der Waals surface area contributed by atoms with Gasteiger partial charge in [-0.15, -0.1) is 0 Å². The van der Waals surface area contributed by atoms with Crippen molar-refractivity contribution in [2.75, 3.05) is 13.2 Å². The quantitative estimate of drug-likeness (QED) is 0.864. The maximum Gasteiger partial charge on any atom is 0.179 e. The summed E-state index contributed by atoms with van der Waals surface area (Å²) in [6, 6.07) is 3.61. The molecule has 1 aromatic carbocycles. The predicted molar refractivity (Wildman–Crippen MR) is 60.1 cm³/mol. The minimum absolute atomic E-state index is 0.388. The molecule has 1 N–H and O–H groups in total. The van der Waals surface area contributed by atoms with Crippen LogP contribution in [0.15, 0.2) is 12.1 Å². The van der Waals surface area contributed by atoms with Crippen LogP contribution >= 0.6 is 11.6 Å². The Labute approximate surface area is 98.9 Å². The lowest BCUT2D eigenvalue weighted by atomic mass is 10.0. The second-order valence-corrected chi connectivity index (χ2v) is 4.72. The summed E-state index contributed by atoms with van der Waals surface area (Å²) in [5, 5.41) is 10.6. The van der Waals surface area contributed by atoms with Crippen molar-refractivity contribution in [3.63, 3.8) is 0 Å². The molecule has 0 saturated heterocycles. The standard InChI is InChI=1S/C12H13ClO3/c13-9-5-8(11(14)7-1-2-7)6-10-12(9)16-4-3-15-10/h5-7,11,14H,1-4H2. The molecule has 0 bridgehead atoms. The van der Waals surface area contributed by atoms with Crippen molar-refractivity contribution in [1.29, 1.82) is 0 Å². The van der Waals surface area contributed by atoms with Crippen LogP contribution < -0.4 is 9.47 Å². The first-order chi connectivity index (χ1) is 7.75. The first kappa shape index (κ1) is 10.2. The van der Waals surface area contributed by atoms with Gasteiger partial charge in [0.1, 0.15) is 13.2 Å². The molecule has 1 aliphatic carbocycles. The van der Waals surface area contributed by atoms with Crippen LogP contribution in [-0.4, -0.2) is 18.3 Å². The average Bonchev–Trinajstić information content (AvgIpc) is 3.12. The maximum absolute atomic E-state index is 10.0. The third-order valence-electron chi connectivity index (χ3n) is 3.03. The van der Waals surface area contributed by atoms with Crippen molar-refractivity contribution >= 4 is 11.6 Å². The van der Waals surface area contributed by atoms with Gasteiger partial charge in [0.25, 0.3) is 0 Å². The summed E-state index contributed by atoms with van der Waals surface area (Å²) in [7, 11) is 0. The average molecular weight is 241 g/mol. The Morgan fingerprint density at radius 2 is 2.00 bits per heavy atom. The number of benzene rings is 1. The van der Waals surface area contributed by atoms with E-state index < -0.39 is 6.10 Å². The van der Waals surface area contributed by atoms with E-state index in [1.165, 1.54) is 0 Å². The van der Waals surface area contributed by atoms with E-state index in [4.69, 9.17) is 21.1 Å². The molecule has 1 aromatic rings. The smallest absolute Gasteiger partial charge is 0.179 e. The van der Waals surface area contributed by atoms with Crippen molar-refractivity contribution in [3.8, 4) is 11.5 Å². The molecule has 0 spiro atoms. The Morgan fingerprint density at radius 3 is 2.75 bits per heavy atom. The summed E-state index contributed by atoms with van der Waals surface area (Å²) in [6.45, 7) is 1.06. The topological polar surface area (TPSA) is 38.7 Å². The molecule has 1 aliphatic heterocycles. The minimum Gasteiger partial charge on any atom is -0.486 e. The summed E-state index contributed by atoms with van der Waals surface area (Å²) in [5.74, 6) is 1.63. The largest absolute Gasteiger partial charge is 0.486 e. The van der Waals surface area contributed by atoms with Gasteiger partial charge in [-0.05, 0) is 36.5 Å². The molecule has 0 amide bonds. The fraction of sp³-hybridized carbons (Fsp3) is 0.500. The van der Waals surface area contributed by atoms with Gasteiger partial charge < -0.3 is 14.6 Å². The Kier molecular flexibility index (Phi) is 2.45. The van der Waals surface area contributed by atoms with Gasteiger partial charge in [-0.25, -0.2) is 0 Å². The highest BCUT2D eigenvalue weighted by Crippen LogP contribution is 2.45. The van der Waals surface area contributed by atoms with E-state index in [9.17, 15) is 5.11 Å². The highest BCUT2D eigenvalue weighted by atomic mass is 35.5. The van der Waals surface area contributed by atoms with Crippen LogP contribution in [0.3, 0.4) is 0 Å². The molecule has 1 unspecified atom stereocenters. The van der Waals surface area contributed by atoms with Crippen LogP contribution in [0.25, 0.3) is 0 Å². The lowest BCUT2D eigenvalue weighted by Crippen LogP contribution is -2.16. The van der Waals surface area contributed by atoms with E-state index in [0.717, 1.165) is 18.4 Å². The van der Waals surface area contributed by atoms with Crippen molar-refractivity contribution in [2.24, 2.45) is 5.92 Å². The van der Waals surface area contributed by atoms with Crippen LogP contribution in [0.2, 0.25) is 5.02 Å². The molecular weight excluding hydrogens is 228 g/mol. The summed E-state index contributed by atoms with van der Waals surface area (Å²) in [4.78, 5) is 0. The van der Waals surface area contributed by atoms with Gasteiger partial charge in [0.15, 0.2) is 11.5 Å². The van der Waals surface area contributed by atoms with Gasteiger partial charge in [0.05, 0.1) is 11.1 Å². The third kappa shape index (κ3) is 1.74. The molecule has 1 saturated carbocycles. The van der Waals surface area contributed by atoms with Crippen LogP contribution in [-0.2, 0) is 0 Å². The Morgan fingerprint density at radius 1 is 1.25 bits per heavy atom. The van der Waals surface area contributed by atoms with Gasteiger partial charge in [-0.2, -0.15) is 0 Å². The Bertz CT molecular complexity index is 415. The van der Waals surface area contributed by atoms with E-state index in [2.05, 4.69) is 0 Å². The molecule has 16 heavy (non-hydrogen) atoms. The van der Waals surface area contributed by atoms with Crippen molar-refractivity contribution in [3.05, 3.63) is 22.7 Å². The Hall–Kier alpha value is -0.930. The molecule has 4 heteroatoms. The molecule has 2 aliphatic rings. The molecule has 0 radical (unpaired) electrons. The second kappa shape index (κ2) is 3.82. The zero-order chi connectivity index (χ0) is 11.1. The zero-order valence-corrected chi connectivity index (χ0v) is 9.54. The van der Waals surface area contributed by atoms with E-state index in [1.54, 1.807) is 6.07 Å². The van der Waals surface area contributed by atoms with Crippen LogP contribution in [0.4, 0.5) is 0 Å². The SMILES string of the molecule is OC(c1cc(Cl)c2c(c1)OCCO2)C1CC1. The highest BCUT2D eigenvalue weighted by Gasteiger charge is 2.32. The monoisotopic (exact) mass is 240 g/mol. The minimum atomic E-state index is -0.423. The molecule has 86 valence electrons. The molecule has 1 fully saturated rings. The first-order valence-corrected chi connectivity index (χ1v) is 5.90. The first-order valence-electron chi connectivity index (χ1n) is 5.53. The Balaban J connectivity index is 1.97. The van der Waals surface area contributed by atoms with E-state index in [1.807, 2.05) is 6.07 Å². The van der Waals surface area contributed by atoms with Crippen molar-refractivity contribution < 1.29 is 14.6 Å². The summed E-state index contributed by atoms with van der Waals surface area (Å²) in [5.41, 5.74) is 0.830. The molecule has 3 rings (SSSR count). The molecule has 1 atom stereocenters. The van der Waals surface area contributed by atoms with Crippen molar-refractivity contribution in [2.45, 2.75) is 18.9 Å². The summed E-state index contributed by atoms with van der Waals surface area (Å²) in [6.07, 6.45) is 1.76. The number of aliphatic hydroxyl groups is 1. The predicted octanol–water partition coefficient (Wildman–Crippen LogP) is 2.55. The zero-order valence-electron chi connectivity index (χ0n) is 8.78. The number of rotatable bonds is 2. The van der Waals surface area contributed by atoms with Gasteiger partial charge in [-0.1, -0.05) is 11.6 Å². The van der Waals surface area contributed by atoms with Crippen LogP contribution in [0.1, 0.15) is 24.5 Å². The van der Waals surface area contributed by atoms with Gasteiger partial charge >= 0.3 is 0 Å². The fourth-order valence-corrected chi connectivity index (χ4v) is 2.26. The molecule has 3 nitrogen and oxygen atoms in total. The summed E-state index contributed by atoms with van der Waals surface area (Å²) < 4.78 is 10.9. The van der Waals surface area contributed by atoms with Gasteiger partial charge in [-0.3, -0.25) is 0 Å². The second-order valence-electron chi connectivity index (χ2n) is 4.31. The van der Waals surface area contributed by atoms with Crippen LogP contribution in [0.5, 0.6) is 11.5 Å². The van der Waals surface area contributed by atoms with E-state index in [-0.39, 0.29) is 0 Å². The van der Waals surface area contributed by atoms with E-state index in [0.29, 0.717) is 35.7 Å². The summed E-state index contributed by atoms with van der Waals surface area (Å²) >= 11 is 6.10. The third-order valence-corrected chi connectivity index (χ3v) is 3.31.